The summed E-state index contributed by atoms with van der Waals surface area (Å²) in [5.41, 5.74) is 1.45. The van der Waals surface area contributed by atoms with E-state index in [1.54, 1.807) is 18.5 Å². The quantitative estimate of drug-likeness (QED) is 0.903. The predicted molar refractivity (Wildman–Crippen MR) is 83.0 cm³/mol. The first-order valence-electron chi connectivity index (χ1n) is 6.94. The molecule has 2 N–H and O–H groups in total. The fourth-order valence-corrected chi connectivity index (χ4v) is 1.80. The molecule has 0 aliphatic carbocycles. The molecule has 0 saturated carbocycles. The van der Waals surface area contributed by atoms with Crippen LogP contribution in [0.2, 0.25) is 0 Å². The van der Waals surface area contributed by atoms with Gasteiger partial charge in [0.05, 0.1) is 0 Å². The Morgan fingerprint density at radius 1 is 1.10 bits per heavy atom. The van der Waals surface area contributed by atoms with Gasteiger partial charge in [-0.1, -0.05) is 6.07 Å². The number of anilines is 2. The number of pyridine rings is 2. The summed E-state index contributed by atoms with van der Waals surface area (Å²) in [5, 5.41) is 6.22. The van der Waals surface area contributed by atoms with Crippen molar-refractivity contribution in [2.24, 2.45) is 0 Å². The highest BCUT2D eigenvalue weighted by Crippen LogP contribution is 2.21. The molecule has 2 aromatic rings. The molecule has 0 aromatic carbocycles. The summed E-state index contributed by atoms with van der Waals surface area (Å²) in [7, 11) is 0. The van der Waals surface area contributed by atoms with E-state index in [9.17, 15) is 4.39 Å². The van der Waals surface area contributed by atoms with Crippen molar-refractivity contribution >= 4 is 11.6 Å². The zero-order valence-corrected chi connectivity index (χ0v) is 12.9. The fraction of sp³-hybridized carbons (Fsp3) is 0.375. The smallest absolute Gasteiger partial charge is 0.170 e. The van der Waals surface area contributed by atoms with Crippen LogP contribution in [-0.2, 0) is 6.54 Å². The molecule has 0 saturated heterocycles. The Morgan fingerprint density at radius 3 is 2.48 bits per heavy atom. The standard InChI is InChI=1S/C16H21FN4/c1-11-6-5-8-18-14(11)21-15-13(17)12(7-9-19-15)10-20-16(2,3)4/h5-9,20H,10H2,1-4H3,(H,18,19,21). The lowest BCUT2D eigenvalue weighted by Gasteiger charge is -2.21. The molecule has 21 heavy (non-hydrogen) atoms. The van der Waals surface area contributed by atoms with Crippen LogP contribution in [0.1, 0.15) is 31.9 Å². The molecule has 0 atom stereocenters. The summed E-state index contributed by atoms with van der Waals surface area (Å²) in [6.45, 7) is 8.50. The average Bonchev–Trinajstić information content (AvgIpc) is 2.41. The summed E-state index contributed by atoms with van der Waals surface area (Å²) in [6.07, 6.45) is 3.27. The largest absolute Gasteiger partial charge is 0.322 e. The summed E-state index contributed by atoms with van der Waals surface area (Å²) in [6, 6.07) is 5.44. The van der Waals surface area contributed by atoms with E-state index in [1.165, 1.54) is 0 Å². The number of hydrogen-bond acceptors (Lipinski definition) is 4. The molecule has 0 spiro atoms. The number of hydrogen-bond donors (Lipinski definition) is 2. The van der Waals surface area contributed by atoms with Crippen LogP contribution in [0.5, 0.6) is 0 Å². The van der Waals surface area contributed by atoms with Gasteiger partial charge >= 0.3 is 0 Å². The number of nitrogens with zero attached hydrogens (tertiary/aromatic N) is 2. The molecule has 0 unspecified atom stereocenters. The number of nitrogens with one attached hydrogen (secondary N) is 2. The minimum Gasteiger partial charge on any atom is -0.322 e. The maximum atomic E-state index is 14.5. The number of rotatable bonds is 4. The van der Waals surface area contributed by atoms with Gasteiger partial charge in [0.15, 0.2) is 11.6 Å². The second kappa shape index (κ2) is 6.18. The molecular weight excluding hydrogens is 267 g/mol. The third-order valence-corrected chi connectivity index (χ3v) is 3.02. The highest BCUT2D eigenvalue weighted by atomic mass is 19.1. The van der Waals surface area contributed by atoms with Gasteiger partial charge in [-0.25, -0.2) is 14.4 Å². The lowest BCUT2D eigenvalue weighted by molar-refractivity contribution is 0.418. The monoisotopic (exact) mass is 288 g/mol. The van der Waals surface area contributed by atoms with Crippen LogP contribution in [0.4, 0.5) is 16.0 Å². The summed E-state index contributed by atoms with van der Waals surface area (Å²) >= 11 is 0. The van der Waals surface area contributed by atoms with Crippen LogP contribution >= 0.6 is 0 Å². The Bertz CT molecular complexity index is 620. The molecule has 0 amide bonds. The van der Waals surface area contributed by atoms with Gasteiger partial charge in [0.25, 0.3) is 0 Å². The van der Waals surface area contributed by atoms with Gasteiger partial charge in [0.2, 0.25) is 0 Å². The van der Waals surface area contributed by atoms with E-state index < -0.39 is 0 Å². The van der Waals surface area contributed by atoms with Crippen molar-refractivity contribution in [2.75, 3.05) is 5.32 Å². The summed E-state index contributed by atoms with van der Waals surface area (Å²) in [5.74, 6) is 0.467. The molecule has 4 nitrogen and oxygen atoms in total. The van der Waals surface area contributed by atoms with Crippen molar-refractivity contribution in [1.29, 1.82) is 0 Å². The highest BCUT2D eigenvalue weighted by molar-refractivity contribution is 5.56. The number of halogens is 1. The van der Waals surface area contributed by atoms with E-state index in [2.05, 4.69) is 20.6 Å². The molecule has 0 aliphatic rings. The average molecular weight is 288 g/mol. The van der Waals surface area contributed by atoms with Crippen molar-refractivity contribution in [3.63, 3.8) is 0 Å². The highest BCUT2D eigenvalue weighted by Gasteiger charge is 2.14. The second-order valence-electron chi connectivity index (χ2n) is 6.03. The van der Waals surface area contributed by atoms with Gasteiger partial charge in [-0.15, -0.1) is 0 Å². The second-order valence-corrected chi connectivity index (χ2v) is 6.03. The minimum absolute atomic E-state index is 0.0686. The lowest BCUT2D eigenvalue weighted by atomic mass is 10.1. The van der Waals surface area contributed by atoms with E-state index in [-0.39, 0.29) is 17.2 Å². The Kier molecular flexibility index (Phi) is 4.53. The van der Waals surface area contributed by atoms with E-state index in [0.717, 1.165) is 5.56 Å². The van der Waals surface area contributed by atoms with Gasteiger partial charge < -0.3 is 10.6 Å². The zero-order valence-electron chi connectivity index (χ0n) is 12.9. The molecule has 5 heteroatoms. The van der Waals surface area contributed by atoms with Crippen LogP contribution in [0.25, 0.3) is 0 Å². The molecule has 2 aromatic heterocycles. The van der Waals surface area contributed by atoms with E-state index in [0.29, 0.717) is 17.9 Å². The molecule has 0 aliphatic heterocycles. The van der Waals surface area contributed by atoms with Crippen LogP contribution in [0, 0.1) is 12.7 Å². The van der Waals surface area contributed by atoms with Crippen molar-refractivity contribution in [3.05, 3.63) is 47.5 Å². The Balaban J connectivity index is 2.20. The number of aromatic nitrogens is 2. The van der Waals surface area contributed by atoms with Crippen LogP contribution in [-0.4, -0.2) is 15.5 Å². The first-order chi connectivity index (χ1) is 9.87. The molecule has 2 rings (SSSR count). The predicted octanol–water partition coefficient (Wildman–Crippen LogP) is 3.56. The molecule has 0 fully saturated rings. The SMILES string of the molecule is Cc1cccnc1Nc1nccc(CNC(C)(C)C)c1F. The van der Waals surface area contributed by atoms with Crippen molar-refractivity contribution in [2.45, 2.75) is 39.8 Å². The molecular formula is C16H21FN4. The topological polar surface area (TPSA) is 49.8 Å². The van der Waals surface area contributed by atoms with Crippen molar-refractivity contribution in [1.82, 2.24) is 15.3 Å². The van der Waals surface area contributed by atoms with Crippen LogP contribution < -0.4 is 10.6 Å². The first-order valence-corrected chi connectivity index (χ1v) is 6.94. The lowest BCUT2D eigenvalue weighted by Crippen LogP contribution is -2.35. The third-order valence-electron chi connectivity index (χ3n) is 3.02. The molecule has 0 bridgehead atoms. The van der Waals surface area contributed by atoms with Crippen LogP contribution in [0.15, 0.2) is 30.6 Å². The van der Waals surface area contributed by atoms with E-state index in [4.69, 9.17) is 0 Å². The number of aryl methyl sites for hydroxylation is 1. The maximum absolute atomic E-state index is 14.5. The first kappa shape index (κ1) is 15.4. The summed E-state index contributed by atoms with van der Waals surface area (Å²) in [4.78, 5) is 8.26. The van der Waals surface area contributed by atoms with Gasteiger partial charge in [-0.3, -0.25) is 0 Å². The third kappa shape index (κ3) is 4.23. The molecule has 0 radical (unpaired) electrons. The van der Waals surface area contributed by atoms with Gasteiger partial charge in [-0.2, -0.15) is 0 Å². The van der Waals surface area contributed by atoms with Gasteiger partial charge in [-0.05, 0) is 45.4 Å². The van der Waals surface area contributed by atoms with E-state index >= 15 is 0 Å². The molecule has 112 valence electrons. The Labute approximate surface area is 124 Å². The molecule has 2 heterocycles. The van der Waals surface area contributed by atoms with Gasteiger partial charge in [0.1, 0.15) is 5.82 Å². The zero-order chi connectivity index (χ0) is 15.5. The Hall–Kier alpha value is -2.01. The normalized spacial score (nSPS) is 11.5. The Morgan fingerprint density at radius 2 is 1.81 bits per heavy atom. The fourth-order valence-electron chi connectivity index (χ4n) is 1.80. The van der Waals surface area contributed by atoms with Crippen molar-refractivity contribution < 1.29 is 4.39 Å². The van der Waals surface area contributed by atoms with Gasteiger partial charge in [0, 0.05) is 30.0 Å². The summed E-state index contributed by atoms with van der Waals surface area (Å²) < 4.78 is 14.5. The van der Waals surface area contributed by atoms with Crippen molar-refractivity contribution in [3.8, 4) is 0 Å². The maximum Gasteiger partial charge on any atom is 0.170 e. The minimum atomic E-state index is -0.348. The van der Waals surface area contributed by atoms with Crippen LogP contribution in [0.3, 0.4) is 0 Å². The van der Waals surface area contributed by atoms with E-state index in [1.807, 2.05) is 39.8 Å².